The Morgan fingerprint density at radius 2 is 1.70 bits per heavy atom. The van der Waals surface area contributed by atoms with Crippen molar-refractivity contribution >= 4 is 0 Å². The number of rotatable bonds is 3. The first-order chi connectivity index (χ1) is 9.38. The predicted octanol–water partition coefficient (Wildman–Crippen LogP) is 4.18. The second-order valence-corrected chi connectivity index (χ2v) is 6.49. The molecule has 2 heterocycles. The minimum Gasteiger partial charge on any atom is -0.261 e. The Kier molecular flexibility index (Phi) is 4.22. The zero-order valence-electron chi connectivity index (χ0n) is 13.2. The number of nitrogens with zero attached hydrogens (tertiary/aromatic N) is 2. The summed E-state index contributed by atoms with van der Waals surface area (Å²) >= 11 is 0. The molecule has 0 amide bonds. The van der Waals surface area contributed by atoms with Crippen LogP contribution in [0.15, 0.2) is 30.5 Å². The van der Waals surface area contributed by atoms with Crippen LogP contribution in [0.2, 0.25) is 0 Å². The van der Waals surface area contributed by atoms with Gasteiger partial charge in [0, 0.05) is 28.7 Å². The summed E-state index contributed by atoms with van der Waals surface area (Å²) in [4.78, 5) is 9.31. The molecule has 0 aliphatic heterocycles. The van der Waals surface area contributed by atoms with Gasteiger partial charge in [0.15, 0.2) is 0 Å². The molecule has 2 rings (SSSR count). The molecule has 0 aromatic carbocycles. The van der Waals surface area contributed by atoms with E-state index in [1.54, 1.807) is 0 Å². The summed E-state index contributed by atoms with van der Waals surface area (Å²) in [6.07, 6.45) is 3.76. The van der Waals surface area contributed by atoms with Gasteiger partial charge < -0.3 is 0 Å². The van der Waals surface area contributed by atoms with Crippen molar-refractivity contribution in [1.29, 1.82) is 0 Å². The van der Waals surface area contributed by atoms with Gasteiger partial charge in [0.25, 0.3) is 0 Å². The molecular weight excluding hydrogens is 244 g/mol. The lowest BCUT2D eigenvalue weighted by molar-refractivity contribution is 0.560. The van der Waals surface area contributed by atoms with E-state index in [0.717, 1.165) is 18.5 Å². The summed E-state index contributed by atoms with van der Waals surface area (Å²) in [5, 5.41) is 0. The first-order valence-corrected chi connectivity index (χ1v) is 7.25. The van der Waals surface area contributed by atoms with E-state index < -0.39 is 0 Å². The van der Waals surface area contributed by atoms with Crippen LogP contribution in [0.1, 0.15) is 49.0 Å². The quantitative estimate of drug-likeness (QED) is 0.834. The lowest BCUT2D eigenvalue weighted by Crippen LogP contribution is -2.16. The highest BCUT2D eigenvalue weighted by Gasteiger charge is 2.18. The second kappa shape index (κ2) is 5.74. The van der Waals surface area contributed by atoms with E-state index in [-0.39, 0.29) is 5.41 Å². The Bertz CT molecular complexity index is 595. The summed E-state index contributed by atoms with van der Waals surface area (Å²) in [6, 6.07) is 8.43. The summed E-state index contributed by atoms with van der Waals surface area (Å²) in [5.74, 6) is 0. The smallest absolute Gasteiger partial charge is 0.0489 e. The highest BCUT2D eigenvalue weighted by Crippen LogP contribution is 2.24. The minimum atomic E-state index is 0.0982. The summed E-state index contributed by atoms with van der Waals surface area (Å²) in [6.45, 7) is 10.9. The monoisotopic (exact) mass is 268 g/mol. The molecule has 0 aliphatic carbocycles. The van der Waals surface area contributed by atoms with E-state index >= 15 is 0 Å². The largest absolute Gasteiger partial charge is 0.261 e. The topological polar surface area (TPSA) is 25.8 Å². The van der Waals surface area contributed by atoms with Crippen LogP contribution in [0.25, 0.3) is 0 Å². The molecule has 0 atom stereocenters. The maximum atomic E-state index is 4.86. The molecule has 2 nitrogen and oxygen atoms in total. The van der Waals surface area contributed by atoms with Crippen LogP contribution in [0.5, 0.6) is 0 Å². The number of pyridine rings is 2. The zero-order valence-corrected chi connectivity index (χ0v) is 13.2. The summed E-state index contributed by atoms with van der Waals surface area (Å²) in [7, 11) is 0. The number of aryl methyl sites for hydroxylation is 4. The molecule has 0 aliphatic rings. The number of hydrogen-bond donors (Lipinski definition) is 0. The molecular formula is C18H24N2. The van der Waals surface area contributed by atoms with Crippen molar-refractivity contribution in [1.82, 2.24) is 9.97 Å². The third-order valence-electron chi connectivity index (χ3n) is 3.60. The van der Waals surface area contributed by atoms with Crippen LogP contribution in [0.4, 0.5) is 0 Å². The second-order valence-electron chi connectivity index (χ2n) is 6.49. The van der Waals surface area contributed by atoms with Crippen molar-refractivity contribution in [2.75, 3.05) is 0 Å². The fraction of sp³-hybridized carbons (Fsp3) is 0.444. The average Bonchev–Trinajstić information content (AvgIpc) is 2.38. The van der Waals surface area contributed by atoms with E-state index in [1.807, 2.05) is 12.3 Å². The highest BCUT2D eigenvalue weighted by molar-refractivity contribution is 5.27. The van der Waals surface area contributed by atoms with E-state index in [9.17, 15) is 0 Å². The normalized spacial score (nSPS) is 11.7. The Morgan fingerprint density at radius 1 is 0.950 bits per heavy atom. The van der Waals surface area contributed by atoms with Gasteiger partial charge in [-0.1, -0.05) is 32.9 Å². The Hall–Kier alpha value is -1.70. The van der Waals surface area contributed by atoms with Crippen molar-refractivity contribution in [2.45, 2.75) is 52.9 Å². The van der Waals surface area contributed by atoms with Crippen molar-refractivity contribution < 1.29 is 0 Å². The third-order valence-corrected chi connectivity index (χ3v) is 3.60. The van der Waals surface area contributed by atoms with Gasteiger partial charge >= 0.3 is 0 Å². The molecule has 0 radical (unpaired) electrons. The van der Waals surface area contributed by atoms with Gasteiger partial charge in [-0.15, -0.1) is 0 Å². The van der Waals surface area contributed by atoms with Gasteiger partial charge in [0.1, 0.15) is 0 Å². The lowest BCUT2D eigenvalue weighted by atomic mass is 9.88. The first-order valence-electron chi connectivity index (χ1n) is 7.25. The standard InChI is InChI=1S/C18H24N2/c1-13-7-6-12-19-16(13)11-10-15-9-8-14(2)17(20-15)18(3,4)5/h6-9,12H,10-11H2,1-5H3. The molecule has 0 fully saturated rings. The van der Waals surface area contributed by atoms with Crippen LogP contribution in [-0.4, -0.2) is 9.97 Å². The van der Waals surface area contributed by atoms with Gasteiger partial charge in [0.05, 0.1) is 0 Å². The summed E-state index contributed by atoms with van der Waals surface area (Å²) in [5.41, 5.74) is 6.16. The SMILES string of the molecule is Cc1cccnc1CCc1ccc(C)c(C(C)(C)C)n1. The van der Waals surface area contributed by atoms with Crippen LogP contribution < -0.4 is 0 Å². The van der Waals surface area contributed by atoms with Gasteiger partial charge in [-0.25, -0.2) is 0 Å². The molecule has 20 heavy (non-hydrogen) atoms. The molecule has 106 valence electrons. The number of aromatic nitrogens is 2. The maximum absolute atomic E-state index is 4.86. The van der Waals surface area contributed by atoms with Gasteiger partial charge in [-0.2, -0.15) is 0 Å². The molecule has 0 saturated carbocycles. The van der Waals surface area contributed by atoms with E-state index in [0.29, 0.717) is 0 Å². The molecule has 0 bridgehead atoms. The molecule has 0 N–H and O–H groups in total. The van der Waals surface area contributed by atoms with E-state index in [4.69, 9.17) is 4.98 Å². The molecule has 2 aromatic heterocycles. The van der Waals surface area contributed by atoms with E-state index in [1.165, 1.54) is 22.5 Å². The molecule has 2 aromatic rings. The highest BCUT2D eigenvalue weighted by atomic mass is 14.7. The van der Waals surface area contributed by atoms with Gasteiger partial charge in [-0.05, 0) is 49.9 Å². The van der Waals surface area contributed by atoms with Crippen LogP contribution in [-0.2, 0) is 18.3 Å². The van der Waals surface area contributed by atoms with Crippen LogP contribution in [0, 0.1) is 13.8 Å². The third kappa shape index (κ3) is 3.44. The maximum Gasteiger partial charge on any atom is 0.0489 e. The fourth-order valence-corrected chi connectivity index (χ4v) is 2.49. The van der Waals surface area contributed by atoms with Crippen LogP contribution >= 0.6 is 0 Å². The van der Waals surface area contributed by atoms with Gasteiger partial charge in [-0.3, -0.25) is 9.97 Å². The predicted molar refractivity (Wildman–Crippen MR) is 84.1 cm³/mol. The first kappa shape index (κ1) is 14.7. The Balaban J connectivity index is 2.17. The average molecular weight is 268 g/mol. The molecule has 0 spiro atoms. The Morgan fingerprint density at radius 3 is 2.35 bits per heavy atom. The van der Waals surface area contributed by atoms with Crippen molar-refractivity contribution in [2.24, 2.45) is 0 Å². The van der Waals surface area contributed by atoms with Gasteiger partial charge in [0.2, 0.25) is 0 Å². The minimum absolute atomic E-state index is 0.0982. The van der Waals surface area contributed by atoms with Crippen LogP contribution in [0.3, 0.4) is 0 Å². The molecule has 2 heteroatoms. The zero-order chi connectivity index (χ0) is 14.8. The molecule has 0 saturated heterocycles. The lowest BCUT2D eigenvalue weighted by Gasteiger charge is -2.21. The van der Waals surface area contributed by atoms with Crippen molar-refractivity contribution in [3.63, 3.8) is 0 Å². The Labute approximate surface area is 122 Å². The summed E-state index contributed by atoms with van der Waals surface area (Å²) < 4.78 is 0. The van der Waals surface area contributed by atoms with Crippen molar-refractivity contribution in [3.05, 3.63) is 58.7 Å². The fourth-order valence-electron chi connectivity index (χ4n) is 2.49. The number of hydrogen-bond acceptors (Lipinski definition) is 2. The van der Waals surface area contributed by atoms with E-state index in [2.05, 4.69) is 57.8 Å². The van der Waals surface area contributed by atoms with Crippen molar-refractivity contribution in [3.8, 4) is 0 Å². The molecule has 0 unspecified atom stereocenters.